The van der Waals surface area contributed by atoms with Crippen LogP contribution in [-0.4, -0.2) is 43.2 Å². The van der Waals surface area contributed by atoms with Crippen molar-refractivity contribution in [1.82, 2.24) is 4.90 Å². The molecule has 0 heterocycles. The maximum atomic E-state index is 11.9. The smallest absolute Gasteiger partial charge is 0.327 e. The summed E-state index contributed by atoms with van der Waals surface area (Å²) in [5, 5.41) is 0. The summed E-state index contributed by atoms with van der Waals surface area (Å²) in [6, 6.07) is 0. The van der Waals surface area contributed by atoms with E-state index in [1.54, 1.807) is 0 Å². The molecule has 0 aromatic carbocycles. The van der Waals surface area contributed by atoms with Gasteiger partial charge < -0.3 is 15.4 Å². The number of nitrogens with two attached hydrogens (primary N) is 1. The number of ether oxygens (including phenoxy) is 1. The summed E-state index contributed by atoms with van der Waals surface area (Å²) in [4.78, 5) is 14.2. The van der Waals surface area contributed by atoms with Gasteiger partial charge in [-0.3, -0.25) is 4.79 Å². The van der Waals surface area contributed by atoms with E-state index in [1.165, 1.54) is 7.11 Å². The molecule has 2 N–H and O–H groups in total. The summed E-state index contributed by atoms with van der Waals surface area (Å²) in [5.74, 6) is 0.676. The van der Waals surface area contributed by atoms with E-state index in [1.807, 2.05) is 0 Å². The number of hydrogen-bond acceptors (Lipinski definition) is 4. The molecule has 2 atom stereocenters. The fourth-order valence-electron chi connectivity index (χ4n) is 2.39. The zero-order chi connectivity index (χ0) is 13.8. The van der Waals surface area contributed by atoms with Crippen LogP contribution in [0.3, 0.4) is 0 Å². The summed E-state index contributed by atoms with van der Waals surface area (Å²) in [7, 11) is 1.43. The van der Waals surface area contributed by atoms with Crippen molar-refractivity contribution in [2.24, 2.45) is 17.6 Å². The third-order valence-corrected chi connectivity index (χ3v) is 4.07. The number of methoxy groups -OCH3 is 1. The van der Waals surface area contributed by atoms with Crippen LogP contribution in [0.5, 0.6) is 0 Å². The van der Waals surface area contributed by atoms with Crippen molar-refractivity contribution in [3.63, 3.8) is 0 Å². The summed E-state index contributed by atoms with van der Waals surface area (Å²) in [6.45, 7) is 9.08. The molecule has 0 aromatic heterocycles. The Balaban J connectivity index is 2.66. The van der Waals surface area contributed by atoms with Crippen LogP contribution < -0.4 is 5.73 Å². The number of rotatable bonds is 8. The Labute approximate surface area is 111 Å². The van der Waals surface area contributed by atoms with Crippen LogP contribution in [0.4, 0.5) is 0 Å². The molecule has 1 aliphatic carbocycles. The van der Waals surface area contributed by atoms with E-state index in [-0.39, 0.29) is 5.97 Å². The van der Waals surface area contributed by atoms with Gasteiger partial charge in [0.15, 0.2) is 0 Å². The highest BCUT2D eigenvalue weighted by Crippen LogP contribution is 2.39. The molecule has 1 rings (SSSR count). The van der Waals surface area contributed by atoms with Crippen molar-refractivity contribution < 1.29 is 9.53 Å². The molecule has 0 aromatic rings. The first-order chi connectivity index (χ1) is 8.47. The molecule has 1 saturated carbocycles. The van der Waals surface area contributed by atoms with Crippen LogP contribution in [0.2, 0.25) is 0 Å². The predicted octanol–water partition coefficient (Wildman–Crippen LogP) is 1.63. The first-order valence-electron chi connectivity index (χ1n) is 7.07. The number of nitrogens with zero attached hydrogens (tertiary/aromatic N) is 1. The average molecular weight is 256 g/mol. The maximum absolute atomic E-state index is 11.9. The fourth-order valence-corrected chi connectivity index (χ4v) is 2.39. The topological polar surface area (TPSA) is 55.6 Å². The number of carbonyl (C=O) groups excluding carboxylic acids is 1. The molecule has 4 heteroatoms. The molecular weight excluding hydrogens is 228 g/mol. The van der Waals surface area contributed by atoms with Gasteiger partial charge in [-0.15, -0.1) is 0 Å². The summed E-state index contributed by atoms with van der Waals surface area (Å²) >= 11 is 0. The number of esters is 1. The molecule has 0 aliphatic heterocycles. The second-order valence-corrected chi connectivity index (χ2v) is 5.65. The van der Waals surface area contributed by atoms with Gasteiger partial charge in [0.05, 0.1) is 7.11 Å². The fraction of sp³-hybridized carbons (Fsp3) is 0.929. The minimum absolute atomic E-state index is 0.257. The monoisotopic (exact) mass is 256 g/mol. The van der Waals surface area contributed by atoms with E-state index >= 15 is 0 Å². The van der Waals surface area contributed by atoms with E-state index in [0.29, 0.717) is 18.4 Å². The van der Waals surface area contributed by atoms with Crippen LogP contribution in [0.25, 0.3) is 0 Å². The average Bonchev–Trinajstić information content (AvgIpc) is 3.20. The van der Waals surface area contributed by atoms with E-state index < -0.39 is 5.54 Å². The Kier molecular flexibility index (Phi) is 5.60. The minimum Gasteiger partial charge on any atom is -0.468 e. The van der Waals surface area contributed by atoms with Gasteiger partial charge in [0, 0.05) is 13.1 Å². The Bertz CT molecular complexity index is 279. The largest absolute Gasteiger partial charge is 0.468 e. The maximum Gasteiger partial charge on any atom is 0.327 e. The standard InChI is InChI=1S/C14H28N2O2/c1-5-11(3)9-16(6-2)10-14(15,12-7-8-12)13(17)18-4/h11-12H,5-10,15H2,1-4H3. The van der Waals surface area contributed by atoms with Crippen molar-refractivity contribution in [2.45, 2.75) is 45.6 Å². The normalized spacial score (nSPS) is 20.6. The van der Waals surface area contributed by atoms with Crippen molar-refractivity contribution in [1.29, 1.82) is 0 Å². The third-order valence-electron chi connectivity index (χ3n) is 4.07. The molecule has 1 aliphatic rings. The zero-order valence-electron chi connectivity index (χ0n) is 12.2. The lowest BCUT2D eigenvalue weighted by Crippen LogP contribution is -2.58. The quantitative estimate of drug-likeness (QED) is 0.671. The van der Waals surface area contributed by atoms with Crippen molar-refractivity contribution >= 4 is 5.97 Å². The summed E-state index contributed by atoms with van der Waals surface area (Å²) in [5.41, 5.74) is 5.53. The van der Waals surface area contributed by atoms with Gasteiger partial charge in [0.2, 0.25) is 0 Å². The minimum atomic E-state index is -0.807. The third kappa shape index (κ3) is 3.69. The van der Waals surface area contributed by atoms with E-state index in [2.05, 4.69) is 25.7 Å². The van der Waals surface area contributed by atoms with Crippen LogP contribution >= 0.6 is 0 Å². The van der Waals surface area contributed by atoms with Gasteiger partial charge >= 0.3 is 5.97 Å². The lowest BCUT2D eigenvalue weighted by molar-refractivity contribution is -0.149. The van der Waals surface area contributed by atoms with Crippen molar-refractivity contribution in [3.05, 3.63) is 0 Å². The van der Waals surface area contributed by atoms with Gasteiger partial charge in [-0.05, 0) is 31.2 Å². The van der Waals surface area contributed by atoms with Gasteiger partial charge in [0.25, 0.3) is 0 Å². The number of carbonyl (C=O) groups is 1. The summed E-state index contributed by atoms with van der Waals surface area (Å²) in [6.07, 6.45) is 3.24. The molecular formula is C14H28N2O2. The van der Waals surface area contributed by atoms with Crippen LogP contribution in [0.15, 0.2) is 0 Å². The van der Waals surface area contributed by atoms with E-state index in [4.69, 9.17) is 10.5 Å². The highest BCUT2D eigenvalue weighted by atomic mass is 16.5. The first kappa shape index (κ1) is 15.4. The molecule has 0 bridgehead atoms. The second kappa shape index (κ2) is 6.53. The van der Waals surface area contributed by atoms with E-state index in [0.717, 1.165) is 32.4 Å². The Morgan fingerprint density at radius 1 is 1.50 bits per heavy atom. The van der Waals surface area contributed by atoms with E-state index in [9.17, 15) is 4.79 Å². The zero-order valence-corrected chi connectivity index (χ0v) is 12.2. The lowest BCUT2D eigenvalue weighted by atomic mass is 9.93. The van der Waals surface area contributed by atoms with Crippen LogP contribution in [-0.2, 0) is 9.53 Å². The molecule has 0 spiro atoms. The van der Waals surface area contributed by atoms with Gasteiger partial charge in [-0.2, -0.15) is 0 Å². The molecule has 0 saturated heterocycles. The lowest BCUT2D eigenvalue weighted by Gasteiger charge is -2.34. The van der Waals surface area contributed by atoms with Gasteiger partial charge in [-0.1, -0.05) is 27.2 Å². The molecule has 106 valence electrons. The molecule has 18 heavy (non-hydrogen) atoms. The molecule has 1 fully saturated rings. The molecule has 0 amide bonds. The number of likely N-dealkylation sites (N-methyl/N-ethyl adjacent to an activating group) is 1. The Hall–Kier alpha value is -0.610. The molecule has 2 unspecified atom stereocenters. The van der Waals surface area contributed by atoms with Gasteiger partial charge in [-0.25, -0.2) is 0 Å². The highest BCUT2D eigenvalue weighted by molar-refractivity contribution is 5.81. The van der Waals surface area contributed by atoms with Crippen molar-refractivity contribution in [2.75, 3.05) is 26.7 Å². The Morgan fingerprint density at radius 3 is 2.50 bits per heavy atom. The Morgan fingerprint density at radius 2 is 2.11 bits per heavy atom. The first-order valence-corrected chi connectivity index (χ1v) is 7.07. The molecule has 0 radical (unpaired) electrons. The predicted molar refractivity (Wildman–Crippen MR) is 73.2 cm³/mol. The highest BCUT2D eigenvalue weighted by Gasteiger charge is 2.49. The summed E-state index contributed by atoms with van der Waals surface area (Å²) < 4.78 is 4.90. The van der Waals surface area contributed by atoms with Gasteiger partial charge in [0.1, 0.15) is 5.54 Å². The van der Waals surface area contributed by atoms with Crippen LogP contribution in [0.1, 0.15) is 40.0 Å². The number of hydrogen-bond donors (Lipinski definition) is 1. The van der Waals surface area contributed by atoms with Crippen molar-refractivity contribution in [3.8, 4) is 0 Å². The second-order valence-electron chi connectivity index (χ2n) is 5.65. The molecule has 4 nitrogen and oxygen atoms in total. The SMILES string of the molecule is CCC(C)CN(CC)CC(N)(C(=O)OC)C1CC1. The van der Waals surface area contributed by atoms with Crippen LogP contribution in [0, 0.1) is 11.8 Å².